The van der Waals surface area contributed by atoms with E-state index in [9.17, 15) is 23.1 Å². The normalized spacial score (nSPS) is 25.0. The average molecular weight is 517 g/mol. The Morgan fingerprint density at radius 1 is 1.23 bits per heavy atom. The maximum atomic E-state index is 13.2. The first-order chi connectivity index (χ1) is 16.1. The summed E-state index contributed by atoms with van der Waals surface area (Å²) in [4.78, 5) is 30.7. The molecule has 2 aliphatic rings. The molecule has 35 heavy (non-hydrogen) atoms. The molecule has 0 aliphatic carbocycles. The van der Waals surface area contributed by atoms with Crippen LogP contribution >= 0.6 is 0 Å². The van der Waals surface area contributed by atoms with Gasteiger partial charge in [0.05, 0.1) is 23.6 Å². The Morgan fingerprint density at radius 3 is 2.51 bits per heavy atom. The van der Waals surface area contributed by atoms with Crippen molar-refractivity contribution < 1.29 is 27.5 Å². The molecule has 0 spiro atoms. The average Bonchev–Trinajstić information content (AvgIpc) is 3.05. The summed E-state index contributed by atoms with van der Waals surface area (Å²) in [5.74, 6) is -2.05. The van der Waals surface area contributed by atoms with E-state index in [0.717, 1.165) is 10.8 Å². The molecule has 8 nitrogen and oxygen atoms in total. The second-order valence-corrected chi connectivity index (χ2v) is 17.4. The van der Waals surface area contributed by atoms with Crippen molar-refractivity contribution in [1.82, 2.24) is 9.88 Å². The van der Waals surface area contributed by atoms with E-state index in [1.165, 1.54) is 11.0 Å². The Bertz CT molecular complexity index is 1330. The van der Waals surface area contributed by atoms with Crippen LogP contribution in [0, 0.1) is 5.92 Å². The molecule has 188 valence electrons. The fourth-order valence-corrected chi connectivity index (χ4v) is 7.41. The SMILES string of the molecule is C[C@@H](O[Si](C)(C)C(C)(C)C)[C@@H]1C(=O)N2[C@@H]1C/C(=C\S(=O)(=O)c1ccc3ccccc3n1)[C@@H]2C(=O)O. The molecule has 10 heteroatoms. The summed E-state index contributed by atoms with van der Waals surface area (Å²) < 4.78 is 32.8. The fraction of sp³-hybridized carbons (Fsp3) is 0.480. The number of pyridine rings is 1. The van der Waals surface area contributed by atoms with Crippen LogP contribution < -0.4 is 0 Å². The molecular weight excluding hydrogens is 484 g/mol. The van der Waals surface area contributed by atoms with E-state index in [2.05, 4.69) is 38.8 Å². The molecule has 3 heterocycles. The van der Waals surface area contributed by atoms with Gasteiger partial charge in [0.15, 0.2) is 19.4 Å². The number of rotatable bonds is 6. The molecule has 4 rings (SSSR count). The second kappa shape index (κ2) is 8.53. The number of benzene rings is 1. The van der Waals surface area contributed by atoms with Gasteiger partial charge in [-0.1, -0.05) is 39.0 Å². The van der Waals surface area contributed by atoms with Crippen LogP contribution in [-0.2, 0) is 23.9 Å². The van der Waals surface area contributed by atoms with Gasteiger partial charge in [0.25, 0.3) is 0 Å². The van der Waals surface area contributed by atoms with Crippen molar-refractivity contribution in [2.75, 3.05) is 0 Å². The predicted molar refractivity (Wildman–Crippen MR) is 135 cm³/mol. The van der Waals surface area contributed by atoms with Gasteiger partial charge in [0.1, 0.15) is 0 Å². The van der Waals surface area contributed by atoms with Crippen molar-refractivity contribution in [3.8, 4) is 0 Å². The number of fused-ring (bicyclic) bond motifs is 2. The van der Waals surface area contributed by atoms with Crippen molar-refractivity contribution >= 4 is 40.9 Å². The number of hydrogen-bond acceptors (Lipinski definition) is 6. The number of carbonyl (C=O) groups excluding carboxylic acids is 1. The molecule has 1 aromatic carbocycles. The van der Waals surface area contributed by atoms with Crippen molar-refractivity contribution in [3.05, 3.63) is 47.4 Å². The number of sulfone groups is 1. The maximum absolute atomic E-state index is 13.2. The molecule has 0 unspecified atom stereocenters. The number of carboxylic acid groups (broad SMARTS) is 1. The number of β-lactam (4-membered cyclic amide) rings is 1. The number of para-hydroxylation sites is 1. The van der Waals surface area contributed by atoms with Crippen LogP contribution in [0.5, 0.6) is 0 Å². The van der Waals surface area contributed by atoms with Crippen LogP contribution in [0.1, 0.15) is 34.1 Å². The van der Waals surface area contributed by atoms with Gasteiger partial charge in [0.2, 0.25) is 15.7 Å². The second-order valence-electron chi connectivity index (χ2n) is 10.9. The summed E-state index contributed by atoms with van der Waals surface area (Å²) in [6.07, 6.45) is -0.219. The standard InChI is InChI=1S/C25H32N2O6SSi/c1-15(33-35(5,6)25(2,3)4)21-19-13-17(22(24(29)30)27(19)23(21)28)14-34(31,32)20-12-11-16-9-7-8-10-18(16)26-20/h7-12,14-15,19,21-22H,13H2,1-6H3,(H,29,30)/b17-14+/t15-,19-,21+,22-/m1/s1. The lowest BCUT2D eigenvalue weighted by Gasteiger charge is -2.49. The van der Waals surface area contributed by atoms with Gasteiger partial charge in [-0.3, -0.25) is 4.79 Å². The van der Waals surface area contributed by atoms with E-state index in [1.54, 1.807) is 18.2 Å². The van der Waals surface area contributed by atoms with E-state index in [0.29, 0.717) is 5.52 Å². The minimum atomic E-state index is -4.02. The summed E-state index contributed by atoms with van der Waals surface area (Å²) in [6, 6.07) is 8.53. The maximum Gasteiger partial charge on any atom is 0.330 e. The van der Waals surface area contributed by atoms with E-state index < -0.39 is 48.2 Å². The third kappa shape index (κ3) is 4.43. The van der Waals surface area contributed by atoms with Crippen LogP contribution in [0.3, 0.4) is 0 Å². The lowest BCUT2D eigenvalue weighted by molar-refractivity contribution is -0.168. The highest BCUT2D eigenvalue weighted by Crippen LogP contribution is 2.47. The third-order valence-corrected chi connectivity index (χ3v) is 13.6. The summed E-state index contributed by atoms with van der Waals surface area (Å²) in [7, 11) is -6.18. The lowest BCUT2D eigenvalue weighted by Crippen LogP contribution is -2.65. The highest BCUT2D eigenvalue weighted by Gasteiger charge is 2.60. The predicted octanol–water partition coefficient (Wildman–Crippen LogP) is 3.99. The Morgan fingerprint density at radius 2 is 1.89 bits per heavy atom. The van der Waals surface area contributed by atoms with Crippen LogP contribution in [-0.4, -0.2) is 61.8 Å². The number of aromatic nitrogens is 1. The minimum Gasteiger partial charge on any atom is -0.479 e. The van der Waals surface area contributed by atoms with E-state index in [1.807, 2.05) is 19.1 Å². The smallest absolute Gasteiger partial charge is 0.330 e. The molecule has 0 radical (unpaired) electrons. The summed E-state index contributed by atoms with van der Waals surface area (Å²) in [6.45, 7) is 12.4. The van der Waals surface area contributed by atoms with Crippen LogP contribution in [0.2, 0.25) is 18.1 Å². The van der Waals surface area contributed by atoms with Gasteiger partial charge in [-0.15, -0.1) is 0 Å². The van der Waals surface area contributed by atoms with Gasteiger partial charge in [-0.05, 0) is 55.2 Å². The number of aliphatic carboxylic acids is 1. The topological polar surface area (TPSA) is 114 Å². The highest BCUT2D eigenvalue weighted by atomic mass is 32.2. The lowest BCUT2D eigenvalue weighted by atomic mass is 9.84. The van der Waals surface area contributed by atoms with E-state index in [4.69, 9.17) is 4.43 Å². The molecular formula is C25H32N2O6SSi. The molecule has 0 saturated carbocycles. The van der Waals surface area contributed by atoms with Gasteiger partial charge in [0, 0.05) is 10.8 Å². The monoisotopic (exact) mass is 516 g/mol. The minimum absolute atomic E-state index is 0.0426. The number of amides is 1. The molecule has 0 bridgehead atoms. The first kappa shape index (κ1) is 25.5. The Balaban J connectivity index is 1.63. The Hall–Kier alpha value is -2.56. The fourth-order valence-electron chi connectivity index (χ4n) is 4.75. The number of nitrogens with zero attached hydrogens (tertiary/aromatic N) is 2. The van der Waals surface area contributed by atoms with Gasteiger partial charge in [-0.25, -0.2) is 18.2 Å². The molecule has 1 N–H and O–H groups in total. The van der Waals surface area contributed by atoms with Gasteiger partial charge in [-0.2, -0.15) is 0 Å². The molecule has 2 aromatic rings. The zero-order chi connectivity index (χ0) is 25.9. The summed E-state index contributed by atoms with van der Waals surface area (Å²) in [5, 5.41) is 11.5. The molecule has 2 aliphatic heterocycles. The summed E-state index contributed by atoms with van der Waals surface area (Å²) >= 11 is 0. The first-order valence-electron chi connectivity index (χ1n) is 11.7. The van der Waals surface area contributed by atoms with Crippen LogP contribution in [0.4, 0.5) is 0 Å². The third-order valence-electron chi connectivity index (χ3n) is 7.58. The molecule has 2 saturated heterocycles. The van der Waals surface area contributed by atoms with E-state index >= 15 is 0 Å². The number of carboxylic acids is 1. The molecule has 1 amide bonds. The Labute approximate surface area is 207 Å². The molecule has 2 fully saturated rings. The van der Waals surface area contributed by atoms with Gasteiger partial charge >= 0.3 is 5.97 Å². The summed E-state index contributed by atoms with van der Waals surface area (Å²) in [5.41, 5.74) is 0.719. The van der Waals surface area contributed by atoms with Crippen LogP contribution in [0.15, 0.2) is 52.4 Å². The van der Waals surface area contributed by atoms with Crippen LogP contribution in [0.25, 0.3) is 10.9 Å². The highest BCUT2D eigenvalue weighted by molar-refractivity contribution is 7.94. The number of hydrogen-bond donors (Lipinski definition) is 1. The molecule has 4 atom stereocenters. The first-order valence-corrected chi connectivity index (χ1v) is 16.1. The quantitative estimate of drug-likeness (QED) is 0.456. The van der Waals surface area contributed by atoms with Crippen molar-refractivity contribution in [3.63, 3.8) is 0 Å². The molecule has 1 aromatic heterocycles. The zero-order valence-corrected chi connectivity index (χ0v) is 22.7. The van der Waals surface area contributed by atoms with E-state index in [-0.39, 0.29) is 28.0 Å². The zero-order valence-electron chi connectivity index (χ0n) is 20.8. The van der Waals surface area contributed by atoms with Crippen molar-refractivity contribution in [2.24, 2.45) is 5.92 Å². The largest absolute Gasteiger partial charge is 0.479 e. The van der Waals surface area contributed by atoms with Crippen molar-refractivity contribution in [1.29, 1.82) is 0 Å². The van der Waals surface area contributed by atoms with Gasteiger partial charge < -0.3 is 14.4 Å². The Kier molecular flexibility index (Phi) is 6.22. The number of carbonyl (C=O) groups is 2. The van der Waals surface area contributed by atoms with Crippen molar-refractivity contribution in [2.45, 2.75) is 75.5 Å².